The first-order chi connectivity index (χ1) is 17.9. The maximum absolute atomic E-state index is 13.9. The van der Waals surface area contributed by atoms with Gasteiger partial charge in [-0.1, -0.05) is 87.9 Å². The van der Waals surface area contributed by atoms with Crippen LogP contribution in [0.25, 0.3) is 11.8 Å². The number of phenols is 1. The zero-order chi connectivity index (χ0) is 26.1. The molecule has 2 heterocycles. The standard InChI is InChI=1S/C28H20BrIN2O4S/c1-2-36-27(35)22-23(16-9-5-3-6-10-16)31-28-32(24(22)17-11-7-4-8-12-17)26(34)21(37-28)14-18-13-19(29)15-20(30)25(18)33/h3-15,24,33H,2H2,1H3/b21-14-/t24-/m1/s1. The third kappa shape index (κ3) is 4.95. The number of benzene rings is 3. The number of hydrogen-bond acceptors (Lipinski definition) is 6. The molecule has 0 saturated carbocycles. The second-order valence-electron chi connectivity index (χ2n) is 8.17. The minimum atomic E-state index is -0.731. The zero-order valence-electron chi connectivity index (χ0n) is 19.5. The summed E-state index contributed by atoms with van der Waals surface area (Å²) in [5.41, 5.74) is 2.50. The van der Waals surface area contributed by atoms with Gasteiger partial charge in [-0.15, -0.1) is 0 Å². The van der Waals surface area contributed by atoms with Gasteiger partial charge in [0.1, 0.15) is 5.75 Å². The van der Waals surface area contributed by atoms with Crippen molar-refractivity contribution in [3.05, 3.63) is 123 Å². The van der Waals surface area contributed by atoms with Gasteiger partial charge in [0.05, 0.1) is 32.0 Å². The summed E-state index contributed by atoms with van der Waals surface area (Å²) in [4.78, 5) is 32.6. The van der Waals surface area contributed by atoms with Crippen molar-refractivity contribution in [3.8, 4) is 5.75 Å². The number of carbonyl (C=O) groups excluding carboxylic acids is 1. The average molecular weight is 687 g/mol. The number of rotatable bonds is 5. The Hall–Kier alpha value is -3.02. The van der Waals surface area contributed by atoms with Crippen LogP contribution in [0.5, 0.6) is 5.75 Å². The van der Waals surface area contributed by atoms with Crippen LogP contribution >= 0.6 is 49.9 Å². The van der Waals surface area contributed by atoms with E-state index in [1.807, 2.05) is 83.3 Å². The molecule has 0 fully saturated rings. The van der Waals surface area contributed by atoms with Crippen LogP contribution in [0.1, 0.15) is 29.7 Å². The van der Waals surface area contributed by atoms with E-state index in [1.54, 1.807) is 29.7 Å². The minimum Gasteiger partial charge on any atom is -0.506 e. The van der Waals surface area contributed by atoms with E-state index in [1.165, 1.54) is 11.3 Å². The van der Waals surface area contributed by atoms with Gasteiger partial charge in [-0.3, -0.25) is 9.36 Å². The molecular formula is C28H20BrIN2O4S. The summed E-state index contributed by atoms with van der Waals surface area (Å²) in [7, 11) is 0. The average Bonchev–Trinajstić information content (AvgIpc) is 3.21. The number of carbonyl (C=O) groups is 1. The van der Waals surface area contributed by atoms with E-state index in [4.69, 9.17) is 9.73 Å². The topological polar surface area (TPSA) is 80.9 Å². The summed E-state index contributed by atoms with van der Waals surface area (Å²) >= 11 is 6.72. The summed E-state index contributed by atoms with van der Waals surface area (Å²) in [5.74, 6) is -0.432. The Bertz CT molecular complexity index is 1710. The molecule has 0 bridgehead atoms. The highest BCUT2D eigenvalue weighted by molar-refractivity contribution is 14.1. The fourth-order valence-corrected chi connectivity index (χ4v) is 6.77. The quantitative estimate of drug-likeness (QED) is 0.237. The molecule has 1 aliphatic rings. The van der Waals surface area contributed by atoms with Crippen molar-refractivity contribution in [1.29, 1.82) is 0 Å². The van der Waals surface area contributed by atoms with E-state index >= 15 is 0 Å². The SMILES string of the molecule is CCOC(=O)C1=C(c2ccccc2)N=c2s/c(=C\c3cc(Br)cc(I)c3O)c(=O)n2[C@@H]1c1ccccc1. The van der Waals surface area contributed by atoms with Gasteiger partial charge in [-0.25, -0.2) is 9.79 Å². The molecule has 5 rings (SSSR count). The molecule has 1 aliphatic heterocycles. The fourth-order valence-electron chi connectivity index (χ4n) is 4.23. The summed E-state index contributed by atoms with van der Waals surface area (Å²) < 4.78 is 8.85. The molecule has 0 radical (unpaired) electrons. The van der Waals surface area contributed by atoms with Crippen molar-refractivity contribution in [1.82, 2.24) is 4.57 Å². The maximum atomic E-state index is 13.9. The Morgan fingerprint density at radius 1 is 1.16 bits per heavy atom. The molecule has 6 nitrogen and oxygen atoms in total. The number of aromatic nitrogens is 1. The number of halogens is 2. The van der Waals surface area contributed by atoms with Gasteiger partial charge in [-0.2, -0.15) is 0 Å². The Morgan fingerprint density at radius 3 is 2.51 bits per heavy atom. The van der Waals surface area contributed by atoms with Crippen molar-refractivity contribution in [2.24, 2.45) is 4.99 Å². The van der Waals surface area contributed by atoms with Gasteiger partial charge in [-0.05, 0) is 53.3 Å². The van der Waals surface area contributed by atoms with Crippen molar-refractivity contribution in [2.45, 2.75) is 13.0 Å². The van der Waals surface area contributed by atoms with Gasteiger partial charge in [0.2, 0.25) is 0 Å². The largest absolute Gasteiger partial charge is 0.506 e. The molecule has 4 aromatic rings. The van der Waals surface area contributed by atoms with E-state index in [9.17, 15) is 14.7 Å². The normalized spacial score (nSPS) is 15.3. The number of thiazole rings is 1. The highest BCUT2D eigenvalue weighted by Gasteiger charge is 2.35. The molecular weight excluding hydrogens is 667 g/mol. The maximum Gasteiger partial charge on any atom is 0.338 e. The molecule has 9 heteroatoms. The lowest BCUT2D eigenvalue weighted by molar-refractivity contribution is -0.138. The third-order valence-corrected chi connectivity index (χ3v) is 8.10. The van der Waals surface area contributed by atoms with Crippen molar-refractivity contribution >= 4 is 67.6 Å². The first kappa shape index (κ1) is 25.6. The highest BCUT2D eigenvalue weighted by Crippen LogP contribution is 2.35. The van der Waals surface area contributed by atoms with Crippen LogP contribution < -0.4 is 14.9 Å². The molecule has 3 aromatic carbocycles. The molecule has 1 aromatic heterocycles. The van der Waals surface area contributed by atoms with Crippen LogP contribution in [0.2, 0.25) is 0 Å². The molecule has 0 saturated heterocycles. The van der Waals surface area contributed by atoms with E-state index in [0.29, 0.717) is 29.7 Å². The second-order valence-corrected chi connectivity index (χ2v) is 11.3. The number of nitrogens with zero attached hydrogens (tertiary/aromatic N) is 2. The first-order valence-electron chi connectivity index (χ1n) is 11.4. The number of ether oxygens (including phenoxy) is 1. The highest BCUT2D eigenvalue weighted by atomic mass is 127. The van der Waals surface area contributed by atoms with Gasteiger partial charge < -0.3 is 9.84 Å². The monoisotopic (exact) mass is 686 g/mol. The summed E-state index contributed by atoms with van der Waals surface area (Å²) in [5, 5.41) is 10.6. The van der Waals surface area contributed by atoms with Gasteiger partial charge in [0.25, 0.3) is 5.56 Å². The molecule has 1 N–H and O–H groups in total. The van der Waals surface area contributed by atoms with Crippen LogP contribution in [0.4, 0.5) is 0 Å². The Balaban J connectivity index is 1.84. The number of phenolic OH excluding ortho intramolecular Hbond substituents is 1. The second kappa shape index (κ2) is 10.8. The third-order valence-electron chi connectivity index (χ3n) is 5.83. The summed E-state index contributed by atoms with van der Waals surface area (Å²) in [6.45, 7) is 1.94. The fraction of sp³-hybridized carbons (Fsp3) is 0.107. The van der Waals surface area contributed by atoms with E-state index in [0.717, 1.165) is 15.6 Å². The first-order valence-corrected chi connectivity index (χ1v) is 14.1. The van der Waals surface area contributed by atoms with Crippen LogP contribution in [0.3, 0.4) is 0 Å². The Kier molecular flexibility index (Phi) is 7.45. The number of hydrogen-bond donors (Lipinski definition) is 1. The number of fused-ring (bicyclic) bond motifs is 1. The summed E-state index contributed by atoms with van der Waals surface area (Å²) in [6.07, 6.45) is 1.66. The van der Waals surface area contributed by atoms with Crippen LogP contribution in [0, 0.1) is 3.57 Å². The van der Waals surface area contributed by atoms with Crippen molar-refractivity contribution in [3.63, 3.8) is 0 Å². The molecule has 186 valence electrons. The number of esters is 1. The van der Waals surface area contributed by atoms with E-state index in [-0.39, 0.29) is 17.9 Å². The zero-order valence-corrected chi connectivity index (χ0v) is 24.1. The van der Waals surface area contributed by atoms with E-state index in [2.05, 4.69) is 15.9 Å². The van der Waals surface area contributed by atoms with Gasteiger partial charge in [0, 0.05) is 15.6 Å². The van der Waals surface area contributed by atoms with Crippen molar-refractivity contribution < 1.29 is 14.6 Å². The molecule has 0 unspecified atom stereocenters. The Morgan fingerprint density at radius 2 is 1.84 bits per heavy atom. The lowest BCUT2D eigenvalue weighted by Crippen LogP contribution is -2.40. The summed E-state index contributed by atoms with van der Waals surface area (Å²) in [6, 6.07) is 21.6. The molecule has 0 amide bonds. The lowest BCUT2D eigenvalue weighted by Gasteiger charge is -2.25. The Labute approximate surface area is 238 Å². The van der Waals surface area contributed by atoms with Gasteiger partial charge in [0.15, 0.2) is 4.80 Å². The predicted molar refractivity (Wildman–Crippen MR) is 156 cm³/mol. The molecule has 0 spiro atoms. The van der Waals surface area contributed by atoms with Crippen LogP contribution in [0.15, 0.2) is 92.6 Å². The van der Waals surface area contributed by atoms with Gasteiger partial charge >= 0.3 is 5.97 Å². The lowest BCUT2D eigenvalue weighted by atomic mass is 9.93. The smallest absolute Gasteiger partial charge is 0.338 e. The number of aromatic hydroxyl groups is 1. The van der Waals surface area contributed by atoms with Crippen molar-refractivity contribution in [2.75, 3.05) is 6.61 Å². The van der Waals surface area contributed by atoms with Crippen LogP contribution in [-0.4, -0.2) is 22.2 Å². The molecule has 37 heavy (non-hydrogen) atoms. The van der Waals surface area contributed by atoms with Crippen LogP contribution in [-0.2, 0) is 9.53 Å². The predicted octanol–water partition coefficient (Wildman–Crippen LogP) is 5.01. The molecule has 0 aliphatic carbocycles. The minimum absolute atomic E-state index is 0.0893. The molecule has 1 atom stereocenters. The van der Waals surface area contributed by atoms with E-state index < -0.39 is 12.0 Å².